The predicted molar refractivity (Wildman–Crippen MR) is 84.5 cm³/mol. The van der Waals surface area contributed by atoms with Crippen LogP contribution in [0.1, 0.15) is 10.4 Å². The summed E-state index contributed by atoms with van der Waals surface area (Å²) < 4.78 is 5.25. The summed E-state index contributed by atoms with van der Waals surface area (Å²) in [6, 6.07) is 5.76. The molecule has 2 aromatic rings. The Balaban J connectivity index is 2.50. The molecule has 0 unspecified atom stereocenters. The summed E-state index contributed by atoms with van der Waals surface area (Å²) in [6.45, 7) is 1.96. The number of aliphatic carboxylic acids is 1. The van der Waals surface area contributed by atoms with Crippen LogP contribution in [0.5, 0.6) is 5.75 Å². The minimum atomic E-state index is -0.851. The van der Waals surface area contributed by atoms with Gasteiger partial charge in [-0.05, 0) is 30.7 Å². The molecule has 6 heteroatoms. The third-order valence-corrected chi connectivity index (χ3v) is 4.27. The number of carboxylic acid groups (broad SMARTS) is 1. The molecule has 21 heavy (non-hydrogen) atoms. The third kappa shape index (κ3) is 3.33. The van der Waals surface area contributed by atoms with Gasteiger partial charge >= 0.3 is 5.97 Å². The maximum Gasteiger partial charge on any atom is 0.308 e. The number of aryl methyl sites for hydroxylation is 1. The molecule has 0 radical (unpaired) electrons. The number of carbonyl (C=O) groups is 1. The van der Waals surface area contributed by atoms with Gasteiger partial charge in [0.1, 0.15) is 5.75 Å². The minimum Gasteiger partial charge on any atom is -0.496 e. The molecule has 0 atom stereocenters. The van der Waals surface area contributed by atoms with Crippen molar-refractivity contribution in [2.75, 3.05) is 26.1 Å². The summed E-state index contributed by atoms with van der Waals surface area (Å²) in [5, 5.41) is 9.87. The van der Waals surface area contributed by atoms with Crippen molar-refractivity contribution < 1.29 is 14.6 Å². The van der Waals surface area contributed by atoms with E-state index in [1.807, 2.05) is 44.1 Å². The van der Waals surface area contributed by atoms with Crippen molar-refractivity contribution in [3.63, 3.8) is 0 Å². The Morgan fingerprint density at radius 1 is 1.43 bits per heavy atom. The second-order valence-corrected chi connectivity index (χ2v) is 5.98. The number of rotatable bonds is 5. The molecule has 0 aliphatic rings. The lowest BCUT2D eigenvalue weighted by Crippen LogP contribution is -2.07. The molecule has 0 amide bonds. The first-order valence-electron chi connectivity index (χ1n) is 6.46. The lowest BCUT2D eigenvalue weighted by atomic mass is 10.1. The zero-order valence-electron chi connectivity index (χ0n) is 12.5. The van der Waals surface area contributed by atoms with E-state index >= 15 is 0 Å². The highest BCUT2D eigenvalue weighted by Crippen LogP contribution is 2.34. The fraction of sp³-hybridized carbons (Fsp3) is 0.333. The molecule has 5 nitrogen and oxygen atoms in total. The maximum absolute atomic E-state index is 11.0. The number of methoxy groups -OCH3 is 1. The molecule has 0 saturated heterocycles. The van der Waals surface area contributed by atoms with Gasteiger partial charge < -0.3 is 14.7 Å². The molecule has 0 bridgehead atoms. The zero-order chi connectivity index (χ0) is 15.6. The quantitative estimate of drug-likeness (QED) is 0.920. The fourth-order valence-corrected chi connectivity index (χ4v) is 3.03. The Morgan fingerprint density at radius 2 is 2.14 bits per heavy atom. The molecule has 2 rings (SSSR count). The second-order valence-electron chi connectivity index (χ2n) is 4.92. The minimum absolute atomic E-state index is 0.0219. The van der Waals surface area contributed by atoms with E-state index in [0.29, 0.717) is 0 Å². The molecule has 1 N–H and O–H groups in total. The van der Waals surface area contributed by atoms with Crippen LogP contribution in [0.4, 0.5) is 5.13 Å². The molecular formula is C15H18N2O3S. The van der Waals surface area contributed by atoms with Crippen LogP contribution >= 0.6 is 11.3 Å². The highest BCUT2D eigenvalue weighted by atomic mass is 32.1. The van der Waals surface area contributed by atoms with Crippen molar-refractivity contribution in [3.8, 4) is 17.0 Å². The van der Waals surface area contributed by atoms with Crippen LogP contribution in [0.15, 0.2) is 18.2 Å². The number of thiazole rings is 1. The molecule has 1 aromatic carbocycles. The van der Waals surface area contributed by atoms with Crippen molar-refractivity contribution in [1.82, 2.24) is 4.98 Å². The largest absolute Gasteiger partial charge is 0.496 e. The smallest absolute Gasteiger partial charge is 0.308 e. The number of benzene rings is 1. The van der Waals surface area contributed by atoms with Gasteiger partial charge in [-0.3, -0.25) is 4.79 Å². The van der Waals surface area contributed by atoms with Crippen LogP contribution in [0.3, 0.4) is 0 Å². The Bertz CT molecular complexity index is 665. The van der Waals surface area contributed by atoms with Gasteiger partial charge in [0.25, 0.3) is 0 Å². The Morgan fingerprint density at radius 3 is 2.67 bits per heavy atom. The summed E-state index contributed by atoms with van der Waals surface area (Å²) in [6.07, 6.45) is -0.0219. The van der Waals surface area contributed by atoms with Crippen molar-refractivity contribution in [2.45, 2.75) is 13.3 Å². The maximum atomic E-state index is 11.0. The number of carboxylic acids is 1. The van der Waals surface area contributed by atoms with Crippen molar-refractivity contribution in [3.05, 3.63) is 28.6 Å². The average Bonchev–Trinajstić information content (AvgIpc) is 2.82. The molecule has 1 heterocycles. The summed E-state index contributed by atoms with van der Waals surface area (Å²) in [7, 11) is 5.42. The number of aromatic nitrogens is 1. The zero-order valence-corrected chi connectivity index (χ0v) is 13.3. The van der Waals surface area contributed by atoms with Crippen LogP contribution in [0.25, 0.3) is 11.3 Å². The summed E-state index contributed by atoms with van der Waals surface area (Å²) in [5.41, 5.74) is 2.64. The topological polar surface area (TPSA) is 62.7 Å². The van der Waals surface area contributed by atoms with Gasteiger partial charge in [0, 0.05) is 24.5 Å². The van der Waals surface area contributed by atoms with E-state index in [9.17, 15) is 4.79 Å². The van der Waals surface area contributed by atoms with E-state index in [1.54, 1.807) is 7.11 Å². The van der Waals surface area contributed by atoms with E-state index in [0.717, 1.165) is 32.6 Å². The lowest BCUT2D eigenvalue weighted by Gasteiger charge is -2.07. The molecule has 1 aromatic heterocycles. The van der Waals surface area contributed by atoms with Crippen LogP contribution in [-0.4, -0.2) is 37.3 Å². The Kier molecular flexibility index (Phi) is 4.47. The molecule has 0 fully saturated rings. The normalized spacial score (nSPS) is 10.5. The lowest BCUT2D eigenvalue weighted by molar-refractivity contribution is -0.136. The van der Waals surface area contributed by atoms with E-state index in [2.05, 4.69) is 4.98 Å². The average molecular weight is 306 g/mol. The predicted octanol–water partition coefficient (Wildman–Crippen LogP) is 2.82. The van der Waals surface area contributed by atoms with Crippen LogP contribution in [0.2, 0.25) is 0 Å². The van der Waals surface area contributed by atoms with Gasteiger partial charge in [-0.1, -0.05) is 0 Å². The van der Waals surface area contributed by atoms with Gasteiger partial charge in [0.15, 0.2) is 5.13 Å². The van der Waals surface area contributed by atoms with E-state index in [-0.39, 0.29) is 6.42 Å². The van der Waals surface area contributed by atoms with Crippen molar-refractivity contribution in [1.29, 1.82) is 0 Å². The summed E-state index contributed by atoms with van der Waals surface area (Å²) in [4.78, 5) is 18.3. The molecule has 0 saturated carbocycles. The molecule has 0 aliphatic heterocycles. The summed E-state index contributed by atoms with van der Waals surface area (Å²) >= 11 is 1.41. The molecule has 0 spiro atoms. The monoisotopic (exact) mass is 306 g/mol. The molecular weight excluding hydrogens is 288 g/mol. The van der Waals surface area contributed by atoms with Crippen molar-refractivity contribution >= 4 is 22.4 Å². The van der Waals surface area contributed by atoms with Crippen LogP contribution < -0.4 is 9.64 Å². The van der Waals surface area contributed by atoms with E-state index in [1.165, 1.54) is 11.3 Å². The second kappa shape index (κ2) is 6.13. The van der Waals surface area contributed by atoms with Gasteiger partial charge in [0.05, 0.1) is 19.2 Å². The Hall–Kier alpha value is -2.08. The molecule has 0 aliphatic carbocycles. The van der Waals surface area contributed by atoms with Gasteiger partial charge in [-0.25, -0.2) is 4.98 Å². The van der Waals surface area contributed by atoms with E-state index in [4.69, 9.17) is 9.84 Å². The van der Waals surface area contributed by atoms with Gasteiger partial charge in [-0.15, -0.1) is 11.3 Å². The standard InChI is InChI=1S/C15H18N2O3S/c1-9-7-10(5-6-11(9)20-4)14-12(8-13(18)19)21-15(16-14)17(2)3/h5-7H,8H2,1-4H3,(H,18,19). The van der Waals surface area contributed by atoms with E-state index < -0.39 is 5.97 Å². The number of nitrogens with zero attached hydrogens (tertiary/aromatic N) is 2. The highest BCUT2D eigenvalue weighted by molar-refractivity contribution is 7.16. The number of anilines is 1. The van der Waals surface area contributed by atoms with Gasteiger partial charge in [0.2, 0.25) is 0 Å². The first-order valence-corrected chi connectivity index (χ1v) is 7.28. The molecule has 112 valence electrons. The SMILES string of the molecule is COc1ccc(-c2nc(N(C)C)sc2CC(=O)O)cc1C. The van der Waals surface area contributed by atoms with Crippen LogP contribution in [-0.2, 0) is 11.2 Å². The van der Waals surface area contributed by atoms with Crippen LogP contribution in [0, 0.1) is 6.92 Å². The third-order valence-electron chi connectivity index (χ3n) is 3.05. The number of hydrogen-bond donors (Lipinski definition) is 1. The first kappa shape index (κ1) is 15.3. The van der Waals surface area contributed by atoms with Crippen molar-refractivity contribution in [2.24, 2.45) is 0 Å². The fourth-order valence-electron chi connectivity index (χ4n) is 2.04. The Labute approximate surface area is 127 Å². The summed E-state index contributed by atoms with van der Waals surface area (Å²) in [5.74, 6) is -0.0444. The number of ether oxygens (including phenoxy) is 1. The highest BCUT2D eigenvalue weighted by Gasteiger charge is 2.17. The van der Waals surface area contributed by atoms with Gasteiger partial charge in [-0.2, -0.15) is 0 Å². The number of hydrogen-bond acceptors (Lipinski definition) is 5. The first-order chi connectivity index (χ1) is 9.92.